The molecule has 0 bridgehead atoms. The molecule has 33 heavy (non-hydrogen) atoms. The van der Waals surface area contributed by atoms with E-state index in [0.717, 1.165) is 40.9 Å². The molecule has 0 atom stereocenters. The predicted octanol–water partition coefficient (Wildman–Crippen LogP) is 5.35. The molecular weight excluding hydrogens is 436 g/mol. The van der Waals surface area contributed by atoms with Gasteiger partial charge in [-0.1, -0.05) is 35.9 Å². The fourth-order valence-corrected chi connectivity index (χ4v) is 4.28. The molecule has 4 aromatic rings. The zero-order chi connectivity index (χ0) is 22.8. The summed E-state index contributed by atoms with van der Waals surface area (Å²) in [4.78, 5) is 24.4. The first-order chi connectivity index (χ1) is 16.1. The summed E-state index contributed by atoms with van der Waals surface area (Å²) in [5, 5.41) is 5.64. The van der Waals surface area contributed by atoms with Gasteiger partial charge in [0.1, 0.15) is 5.82 Å². The molecule has 0 spiro atoms. The van der Waals surface area contributed by atoms with Gasteiger partial charge in [-0.3, -0.25) is 9.78 Å². The number of nitrogens with zero attached hydrogens (tertiary/aromatic N) is 3. The third kappa shape index (κ3) is 4.40. The number of fused-ring (bicyclic) bond motifs is 1. The molecule has 1 aliphatic heterocycles. The van der Waals surface area contributed by atoms with E-state index in [0.29, 0.717) is 35.2 Å². The molecule has 1 N–H and O–H groups in total. The molecule has 3 heterocycles. The highest BCUT2D eigenvalue weighted by Gasteiger charge is 2.17. The molecule has 2 aromatic carbocycles. The number of morpholine rings is 1. The van der Waals surface area contributed by atoms with Gasteiger partial charge in [-0.2, -0.15) is 0 Å². The molecule has 0 saturated carbocycles. The fourth-order valence-electron chi connectivity index (χ4n) is 4.07. The van der Waals surface area contributed by atoms with E-state index in [1.54, 1.807) is 18.3 Å². The summed E-state index contributed by atoms with van der Waals surface area (Å²) in [6.07, 6.45) is 1.77. The molecule has 6 nitrogen and oxygen atoms in total. The van der Waals surface area contributed by atoms with Crippen LogP contribution in [0.5, 0.6) is 0 Å². The van der Waals surface area contributed by atoms with Crippen molar-refractivity contribution in [1.29, 1.82) is 0 Å². The molecule has 0 radical (unpaired) electrons. The van der Waals surface area contributed by atoms with E-state index in [9.17, 15) is 4.79 Å². The minimum absolute atomic E-state index is 0.215. The number of aromatic nitrogens is 2. The van der Waals surface area contributed by atoms with Crippen molar-refractivity contribution in [3.05, 3.63) is 83.1 Å². The van der Waals surface area contributed by atoms with Crippen molar-refractivity contribution < 1.29 is 9.53 Å². The lowest BCUT2D eigenvalue weighted by Crippen LogP contribution is -2.36. The molecule has 166 valence electrons. The van der Waals surface area contributed by atoms with E-state index < -0.39 is 0 Å². The number of amides is 1. The van der Waals surface area contributed by atoms with Gasteiger partial charge in [-0.25, -0.2) is 4.98 Å². The number of ether oxygens (including phenoxy) is 1. The minimum atomic E-state index is -0.215. The molecule has 2 aromatic heterocycles. The van der Waals surface area contributed by atoms with E-state index in [4.69, 9.17) is 16.3 Å². The van der Waals surface area contributed by atoms with Crippen molar-refractivity contribution in [1.82, 2.24) is 9.97 Å². The van der Waals surface area contributed by atoms with Gasteiger partial charge in [0.15, 0.2) is 0 Å². The minimum Gasteiger partial charge on any atom is -0.378 e. The van der Waals surface area contributed by atoms with Gasteiger partial charge in [0.2, 0.25) is 0 Å². The Bertz CT molecular complexity index is 1330. The van der Waals surface area contributed by atoms with E-state index in [1.807, 2.05) is 55.5 Å². The summed E-state index contributed by atoms with van der Waals surface area (Å²) in [6.45, 7) is 4.83. The summed E-state index contributed by atoms with van der Waals surface area (Å²) in [5.74, 6) is 0.649. The number of halogens is 1. The number of carbonyl (C=O) groups is 1. The van der Waals surface area contributed by atoms with Gasteiger partial charge in [-0.05, 0) is 48.7 Å². The van der Waals surface area contributed by atoms with Crippen LogP contribution in [0.2, 0.25) is 5.02 Å². The average molecular weight is 459 g/mol. The van der Waals surface area contributed by atoms with E-state index >= 15 is 0 Å². The maximum Gasteiger partial charge on any atom is 0.257 e. The second-order valence-corrected chi connectivity index (χ2v) is 8.34. The van der Waals surface area contributed by atoms with E-state index in [1.165, 1.54) is 0 Å². The molecule has 1 saturated heterocycles. The Labute approximate surface area is 197 Å². The molecule has 1 amide bonds. The van der Waals surface area contributed by atoms with E-state index in [-0.39, 0.29) is 5.91 Å². The molecular formula is C26H23ClN4O2. The quantitative estimate of drug-likeness (QED) is 0.446. The van der Waals surface area contributed by atoms with Crippen molar-refractivity contribution in [2.45, 2.75) is 6.92 Å². The number of nitrogens with one attached hydrogen (secondary N) is 1. The van der Waals surface area contributed by atoms with Crippen LogP contribution in [0.4, 0.5) is 11.5 Å². The maximum absolute atomic E-state index is 13.0. The number of carbonyl (C=O) groups excluding carboxylic acids is 1. The predicted molar refractivity (Wildman–Crippen MR) is 132 cm³/mol. The Morgan fingerprint density at radius 3 is 2.70 bits per heavy atom. The van der Waals surface area contributed by atoms with Crippen LogP contribution in [0.1, 0.15) is 16.1 Å². The van der Waals surface area contributed by atoms with Crippen LogP contribution >= 0.6 is 11.6 Å². The molecule has 1 fully saturated rings. The van der Waals surface area contributed by atoms with Crippen LogP contribution in [0.25, 0.3) is 22.0 Å². The first-order valence-corrected chi connectivity index (χ1v) is 11.2. The van der Waals surface area contributed by atoms with E-state index in [2.05, 4.69) is 20.2 Å². The standard InChI is InChI=1S/C26H23ClN4O2/c1-17-20(7-9-24(29-17)31-12-14-33-15-13-31)26(32)30-19-6-8-23(27)22(16-19)25-21-5-3-2-4-18(21)10-11-28-25/h2-11,16H,12-15H2,1H3,(H,30,32). The summed E-state index contributed by atoms with van der Waals surface area (Å²) in [5.41, 5.74) is 3.41. The lowest BCUT2D eigenvalue weighted by atomic mass is 10.0. The van der Waals surface area contributed by atoms with Crippen LogP contribution in [0.15, 0.2) is 66.9 Å². The monoisotopic (exact) mass is 458 g/mol. The van der Waals surface area contributed by atoms with Gasteiger partial charge < -0.3 is 15.0 Å². The topological polar surface area (TPSA) is 67.4 Å². The van der Waals surface area contributed by atoms with Gasteiger partial charge >= 0.3 is 0 Å². The number of anilines is 2. The second-order valence-electron chi connectivity index (χ2n) is 7.93. The zero-order valence-electron chi connectivity index (χ0n) is 18.2. The lowest BCUT2D eigenvalue weighted by molar-refractivity contribution is 0.102. The van der Waals surface area contributed by atoms with Crippen LogP contribution in [-0.4, -0.2) is 42.2 Å². The van der Waals surface area contributed by atoms with Crippen LogP contribution in [0, 0.1) is 6.92 Å². The Kier molecular flexibility index (Phi) is 5.94. The Hall–Kier alpha value is -3.48. The SMILES string of the molecule is Cc1nc(N2CCOCC2)ccc1C(=O)Nc1ccc(Cl)c(-c2nccc3ccccc23)c1. The molecule has 0 unspecified atom stereocenters. The van der Waals surface area contributed by atoms with Gasteiger partial charge in [-0.15, -0.1) is 0 Å². The third-order valence-corrected chi connectivity index (χ3v) is 6.13. The van der Waals surface area contributed by atoms with Gasteiger partial charge in [0, 0.05) is 35.9 Å². The van der Waals surface area contributed by atoms with Crippen molar-refractivity contribution in [2.75, 3.05) is 36.5 Å². The highest BCUT2D eigenvalue weighted by Crippen LogP contribution is 2.34. The van der Waals surface area contributed by atoms with Gasteiger partial charge in [0.05, 0.1) is 35.2 Å². The summed E-state index contributed by atoms with van der Waals surface area (Å²) < 4.78 is 5.41. The number of benzene rings is 2. The summed E-state index contributed by atoms with van der Waals surface area (Å²) in [6, 6.07) is 19.1. The van der Waals surface area contributed by atoms with Crippen LogP contribution in [0.3, 0.4) is 0 Å². The Morgan fingerprint density at radius 2 is 1.88 bits per heavy atom. The molecule has 0 aliphatic carbocycles. The average Bonchev–Trinajstić information content (AvgIpc) is 2.85. The van der Waals surface area contributed by atoms with Crippen molar-refractivity contribution >= 4 is 39.8 Å². The highest BCUT2D eigenvalue weighted by atomic mass is 35.5. The van der Waals surface area contributed by atoms with Crippen molar-refractivity contribution in [3.8, 4) is 11.3 Å². The number of aryl methyl sites for hydroxylation is 1. The number of hydrogen-bond donors (Lipinski definition) is 1. The normalized spacial score (nSPS) is 13.8. The summed E-state index contributed by atoms with van der Waals surface area (Å²) in [7, 11) is 0. The molecule has 1 aliphatic rings. The largest absolute Gasteiger partial charge is 0.378 e. The van der Waals surface area contributed by atoms with Crippen molar-refractivity contribution in [2.24, 2.45) is 0 Å². The number of rotatable bonds is 4. The smallest absolute Gasteiger partial charge is 0.257 e. The first kappa shape index (κ1) is 21.4. The van der Waals surface area contributed by atoms with Gasteiger partial charge in [0.25, 0.3) is 5.91 Å². The van der Waals surface area contributed by atoms with Crippen LogP contribution in [-0.2, 0) is 4.74 Å². The zero-order valence-corrected chi connectivity index (χ0v) is 19.0. The first-order valence-electron chi connectivity index (χ1n) is 10.9. The Balaban J connectivity index is 1.41. The highest BCUT2D eigenvalue weighted by molar-refractivity contribution is 6.33. The lowest BCUT2D eigenvalue weighted by Gasteiger charge is -2.28. The Morgan fingerprint density at radius 1 is 1.06 bits per heavy atom. The second kappa shape index (κ2) is 9.17. The third-order valence-electron chi connectivity index (χ3n) is 5.80. The number of hydrogen-bond acceptors (Lipinski definition) is 5. The van der Waals surface area contributed by atoms with Crippen LogP contribution < -0.4 is 10.2 Å². The number of pyridine rings is 2. The fraction of sp³-hybridized carbons (Fsp3) is 0.192. The molecule has 5 rings (SSSR count). The maximum atomic E-state index is 13.0. The molecule has 7 heteroatoms. The summed E-state index contributed by atoms with van der Waals surface area (Å²) >= 11 is 6.52. The van der Waals surface area contributed by atoms with Crippen molar-refractivity contribution in [3.63, 3.8) is 0 Å².